The Bertz CT molecular complexity index is 711. The van der Waals surface area contributed by atoms with E-state index in [0.29, 0.717) is 0 Å². The fraction of sp³-hybridized carbons (Fsp3) is 0.500. The molecule has 2 aromatic carbocycles. The highest BCUT2D eigenvalue weighted by Gasteiger charge is 2.46. The molecule has 2 nitrogen and oxygen atoms in total. The van der Waals surface area contributed by atoms with E-state index in [2.05, 4.69) is 48.5 Å². The standard InChI is InChI=1S/C24H34O2S/c1-22(2,3)17-24(7,23(4,5)6)21(25)27-20-15-13-19(14-16-20)26-18-11-9-8-10-12-18/h8-16,21,25H,17H2,1-7H3. The Balaban J connectivity index is 2.12. The van der Waals surface area contributed by atoms with Gasteiger partial charge < -0.3 is 9.84 Å². The van der Waals surface area contributed by atoms with Gasteiger partial charge in [-0.25, -0.2) is 0 Å². The third-order valence-electron chi connectivity index (χ3n) is 5.21. The van der Waals surface area contributed by atoms with Gasteiger partial charge in [0.05, 0.1) is 0 Å². The van der Waals surface area contributed by atoms with Crippen molar-refractivity contribution in [1.82, 2.24) is 0 Å². The molecule has 0 amide bonds. The molecule has 0 fully saturated rings. The average molecular weight is 387 g/mol. The molecule has 148 valence electrons. The van der Waals surface area contributed by atoms with Crippen molar-refractivity contribution in [2.24, 2.45) is 16.2 Å². The lowest BCUT2D eigenvalue weighted by Crippen LogP contribution is -2.44. The molecular weight excluding hydrogens is 352 g/mol. The van der Waals surface area contributed by atoms with Gasteiger partial charge >= 0.3 is 0 Å². The van der Waals surface area contributed by atoms with Gasteiger partial charge in [-0.15, -0.1) is 0 Å². The summed E-state index contributed by atoms with van der Waals surface area (Å²) in [6.07, 6.45) is 0.951. The van der Waals surface area contributed by atoms with Crippen LogP contribution >= 0.6 is 11.8 Å². The van der Waals surface area contributed by atoms with E-state index in [1.165, 1.54) is 11.8 Å². The van der Waals surface area contributed by atoms with Crippen LogP contribution in [0.15, 0.2) is 59.5 Å². The fourth-order valence-corrected chi connectivity index (χ4v) is 4.54. The van der Waals surface area contributed by atoms with Crippen LogP contribution in [0.4, 0.5) is 0 Å². The molecule has 0 saturated carbocycles. The summed E-state index contributed by atoms with van der Waals surface area (Å²) in [5.74, 6) is 1.62. The summed E-state index contributed by atoms with van der Waals surface area (Å²) >= 11 is 1.53. The quantitative estimate of drug-likeness (QED) is 0.415. The molecule has 0 aliphatic carbocycles. The first-order chi connectivity index (χ1) is 12.4. The molecule has 2 aromatic rings. The zero-order valence-corrected chi connectivity index (χ0v) is 18.6. The van der Waals surface area contributed by atoms with Crippen molar-refractivity contribution in [3.63, 3.8) is 0 Å². The van der Waals surface area contributed by atoms with E-state index in [9.17, 15) is 5.11 Å². The van der Waals surface area contributed by atoms with Crippen LogP contribution in [-0.4, -0.2) is 10.5 Å². The molecule has 1 N–H and O–H groups in total. The average Bonchev–Trinajstić information content (AvgIpc) is 2.55. The lowest BCUT2D eigenvalue weighted by Gasteiger charge is -2.48. The van der Waals surface area contributed by atoms with Crippen LogP contribution in [-0.2, 0) is 0 Å². The molecule has 0 bridgehead atoms. The second-order valence-corrected chi connectivity index (χ2v) is 10.9. The molecule has 0 aliphatic heterocycles. The third kappa shape index (κ3) is 6.02. The lowest BCUT2D eigenvalue weighted by atomic mass is 9.61. The second-order valence-electron chi connectivity index (χ2n) is 9.76. The second kappa shape index (κ2) is 8.28. The topological polar surface area (TPSA) is 29.5 Å². The van der Waals surface area contributed by atoms with E-state index < -0.39 is 5.44 Å². The van der Waals surface area contributed by atoms with Crippen molar-refractivity contribution in [2.75, 3.05) is 0 Å². The number of hydrogen-bond acceptors (Lipinski definition) is 3. The summed E-state index contributed by atoms with van der Waals surface area (Å²) in [6, 6.07) is 17.7. The summed E-state index contributed by atoms with van der Waals surface area (Å²) in [6.45, 7) is 15.6. The molecular formula is C24H34O2S. The Labute approximate surface area is 169 Å². The lowest BCUT2D eigenvalue weighted by molar-refractivity contribution is -0.0221. The van der Waals surface area contributed by atoms with Gasteiger partial charge in [0.25, 0.3) is 0 Å². The summed E-state index contributed by atoms with van der Waals surface area (Å²) in [5, 5.41) is 11.2. The largest absolute Gasteiger partial charge is 0.457 e. The highest BCUT2D eigenvalue weighted by Crippen LogP contribution is 2.52. The molecule has 3 heteroatoms. The Morgan fingerprint density at radius 2 is 1.33 bits per heavy atom. The molecule has 27 heavy (non-hydrogen) atoms. The number of aliphatic hydroxyl groups excluding tert-OH is 1. The first-order valence-electron chi connectivity index (χ1n) is 9.58. The molecule has 0 aliphatic rings. The molecule has 0 saturated heterocycles. The minimum Gasteiger partial charge on any atom is -0.457 e. The van der Waals surface area contributed by atoms with Crippen molar-refractivity contribution in [2.45, 2.75) is 65.2 Å². The van der Waals surface area contributed by atoms with Gasteiger partial charge in [0.2, 0.25) is 0 Å². The fourth-order valence-electron chi connectivity index (χ4n) is 3.29. The molecule has 2 atom stereocenters. The van der Waals surface area contributed by atoms with Crippen LogP contribution in [0, 0.1) is 16.2 Å². The summed E-state index contributed by atoms with van der Waals surface area (Å²) in [5.41, 5.74) is -0.563. The van der Waals surface area contributed by atoms with Gasteiger partial charge in [-0.05, 0) is 53.6 Å². The first-order valence-corrected chi connectivity index (χ1v) is 10.5. The molecule has 0 radical (unpaired) electrons. The van der Waals surface area contributed by atoms with E-state index in [4.69, 9.17) is 4.74 Å². The van der Waals surface area contributed by atoms with Crippen LogP contribution in [0.3, 0.4) is 0 Å². The van der Waals surface area contributed by atoms with Crippen LogP contribution in [0.25, 0.3) is 0 Å². The third-order valence-corrected chi connectivity index (χ3v) is 6.49. The Morgan fingerprint density at radius 3 is 1.81 bits per heavy atom. The molecule has 2 rings (SSSR count). The number of benzene rings is 2. The number of para-hydroxylation sites is 1. The molecule has 0 heterocycles. The minimum absolute atomic E-state index is 0.0109. The van der Waals surface area contributed by atoms with E-state index in [1.807, 2.05) is 54.6 Å². The first kappa shape index (κ1) is 21.8. The summed E-state index contributed by atoms with van der Waals surface area (Å²) in [4.78, 5) is 1.05. The van der Waals surface area contributed by atoms with Crippen molar-refractivity contribution in [3.8, 4) is 11.5 Å². The predicted molar refractivity (Wildman–Crippen MR) is 116 cm³/mol. The molecule has 0 aromatic heterocycles. The maximum atomic E-state index is 11.2. The number of aliphatic hydroxyl groups is 1. The van der Waals surface area contributed by atoms with Crippen LogP contribution < -0.4 is 4.74 Å². The van der Waals surface area contributed by atoms with Crippen LogP contribution in [0.2, 0.25) is 0 Å². The highest BCUT2D eigenvalue weighted by atomic mass is 32.2. The van der Waals surface area contributed by atoms with Gasteiger partial charge in [-0.2, -0.15) is 0 Å². The molecule has 0 spiro atoms. The van der Waals surface area contributed by atoms with Crippen LogP contribution in [0.5, 0.6) is 11.5 Å². The van der Waals surface area contributed by atoms with Crippen LogP contribution in [0.1, 0.15) is 54.9 Å². The number of rotatable bonds is 6. The number of hydrogen-bond donors (Lipinski definition) is 1. The van der Waals surface area contributed by atoms with Crippen molar-refractivity contribution in [1.29, 1.82) is 0 Å². The predicted octanol–water partition coefficient (Wildman–Crippen LogP) is 7.38. The smallest absolute Gasteiger partial charge is 0.127 e. The van der Waals surface area contributed by atoms with E-state index in [-0.39, 0.29) is 16.2 Å². The Hall–Kier alpha value is -1.45. The summed E-state index contributed by atoms with van der Waals surface area (Å²) < 4.78 is 5.85. The van der Waals surface area contributed by atoms with E-state index >= 15 is 0 Å². The van der Waals surface area contributed by atoms with Gasteiger partial charge in [0.1, 0.15) is 16.9 Å². The zero-order valence-electron chi connectivity index (χ0n) is 17.7. The highest BCUT2D eigenvalue weighted by molar-refractivity contribution is 7.99. The summed E-state index contributed by atoms with van der Waals surface area (Å²) in [7, 11) is 0. The molecule has 2 unspecified atom stereocenters. The Morgan fingerprint density at radius 1 is 0.815 bits per heavy atom. The van der Waals surface area contributed by atoms with Crippen molar-refractivity contribution < 1.29 is 9.84 Å². The maximum Gasteiger partial charge on any atom is 0.127 e. The van der Waals surface area contributed by atoms with Crippen molar-refractivity contribution >= 4 is 11.8 Å². The normalized spacial score (nSPS) is 15.9. The number of thioether (sulfide) groups is 1. The Kier molecular flexibility index (Phi) is 6.70. The van der Waals surface area contributed by atoms with E-state index in [1.54, 1.807) is 0 Å². The minimum atomic E-state index is -0.488. The van der Waals surface area contributed by atoms with Crippen molar-refractivity contribution in [3.05, 3.63) is 54.6 Å². The number of ether oxygens (including phenoxy) is 1. The van der Waals surface area contributed by atoms with Gasteiger partial charge in [-0.1, -0.05) is 78.4 Å². The monoisotopic (exact) mass is 386 g/mol. The maximum absolute atomic E-state index is 11.2. The van der Waals surface area contributed by atoms with E-state index in [0.717, 1.165) is 22.8 Å². The van der Waals surface area contributed by atoms with Gasteiger partial charge in [-0.3, -0.25) is 0 Å². The zero-order chi connectivity index (χ0) is 20.3. The SMILES string of the molecule is CC(C)(C)CC(C)(C(O)Sc1ccc(Oc2ccccc2)cc1)C(C)(C)C. The van der Waals surface area contributed by atoms with Gasteiger partial charge in [0, 0.05) is 10.3 Å². The van der Waals surface area contributed by atoms with Gasteiger partial charge in [0.15, 0.2) is 0 Å².